The third-order valence-electron chi connectivity index (χ3n) is 7.38. The summed E-state index contributed by atoms with van der Waals surface area (Å²) >= 11 is 1.26. The van der Waals surface area contributed by atoms with Crippen LogP contribution in [0.1, 0.15) is 37.0 Å². The molecule has 0 spiro atoms. The lowest BCUT2D eigenvalue weighted by atomic mass is 9.86. The molecule has 1 saturated heterocycles. The van der Waals surface area contributed by atoms with E-state index >= 15 is 0 Å². The van der Waals surface area contributed by atoms with Gasteiger partial charge in [0.2, 0.25) is 5.88 Å². The van der Waals surface area contributed by atoms with E-state index < -0.39 is 6.10 Å². The monoisotopic (exact) mass is 488 g/mol. The maximum absolute atomic E-state index is 11.2. The van der Waals surface area contributed by atoms with Crippen molar-refractivity contribution in [3.05, 3.63) is 65.5 Å². The van der Waals surface area contributed by atoms with Gasteiger partial charge in [0.05, 0.1) is 36.0 Å². The quantitative estimate of drug-likeness (QED) is 0.405. The molecule has 4 heterocycles. The number of β-amino-alcohol motifs (C(OH)–C–C–N with tert-alkyl or cyclic N) is 1. The summed E-state index contributed by atoms with van der Waals surface area (Å²) < 4.78 is 13.9. The molecule has 3 aromatic heterocycles. The van der Waals surface area contributed by atoms with E-state index in [0.717, 1.165) is 41.5 Å². The van der Waals surface area contributed by atoms with Gasteiger partial charge < -0.3 is 20.1 Å². The normalized spacial score (nSPS) is 23.6. The Balaban J connectivity index is 1.13. The number of hydrogen-bond acceptors (Lipinski definition) is 9. The fourth-order valence-corrected chi connectivity index (χ4v) is 6.20. The van der Waals surface area contributed by atoms with E-state index in [0.29, 0.717) is 35.9 Å². The van der Waals surface area contributed by atoms with Crippen LogP contribution in [0, 0.1) is 5.92 Å². The number of benzene rings is 1. The van der Waals surface area contributed by atoms with Crippen molar-refractivity contribution in [1.29, 1.82) is 0 Å². The molecule has 180 valence electrons. The van der Waals surface area contributed by atoms with Crippen molar-refractivity contribution in [2.75, 3.05) is 13.7 Å². The highest BCUT2D eigenvalue weighted by atomic mass is 32.1. The Morgan fingerprint density at radius 2 is 2.03 bits per heavy atom. The zero-order chi connectivity index (χ0) is 23.9. The number of fused-ring (bicyclic) bond motifs is 3. The van der Waals surface area contributed by atoms with E-state index in [1.807, 2.05) is 18.2 Å². The highest BCUT2D eigenvalue weighted by Crippen LogP contribution is 2.48. The molecule has 1 saturated carbocycles. The maximum atomic E-state index is 11.2. The average Bonchev–Trinajstić information content (AvgIpc) is 3.50. The summed E-state index contributed by atoms with van der Waals surface area (Å²) in [6.07, 6.45) is 5.46. The van der Waals surface area contributed by atoms with Crippen LogP contribution in [0.25, 0.3) is 22.1 Å². The van der Waals surface area contributed by atoms with Gasteiger partial charge >= 0.3 is 0 Å². The van der Waals surface area contributed by atoms with E-state index in [2.05, 4.69) is 54.1 Å². The largest absolute Gasteiger partial charge is 0.481 e. The number of rotatable bonds is 7. The Bertz CT molecular complexity index is 1410. The number of ether oxygens (including phenoxy) is 1. The molecule has 35 heavy (non-hydrogen) atoms. The van der Waals surface area contributed by atoms with Crippen LogP contribution < -0.4 is 10.1 Å². The molecule has 9 heteroatoms. The molecule has 4 aromatic rings. The molecule has 1 aromatic carbocycles. The lowest BCUT2D eigenvalue weighted by Gasteiger charge is -2.49. The fraction of sp³-hybridized carbons (Fsp3) is 0.385. The molecule has 6 rings (SSSR count). The predicted octanol–water partition coefficient (Wildman–Crippen LogP) is 3.83. The van der Waals surface area contributed by atoms with E-state index in [9.17, 15) is 5.11 Å². The predicted molar refractivity (Wildman–Crippen MR) is 136 cm³/mol. The highest BCUT2D eigenvalue weighted by Gasteiger charge is 2.49. The molecule has 1 aliphatic heterocycles. The second-order valence-corrected chi connectivity index (χ2v) is 9.84. The molecule has 2 aliphatic rings. The van der Waals surface area contributed by atoms with Gasteiger partial charge in [-0.2, -0.15) is 8.75 Å². The summed E-state index contributed by atoms with van der Waals surface area (Å²) in [5, 5.41) is 15.0. The topological polar surface area (TPSA) is 96.3 Å². The van der Waals surface area contributed by atoms with Gasteiger partial charge in [0.25, 0.3) is 0 Å². The van der Waals surface area contributed by atoms with Crippen molar-refractivity contribution in [1.82, 2.24) is 28.9 Å². The Labute approximate surface area is 208 Å². The minimum Gasteiger partial charge on any atom is -0.481 e. The number of aliphatic hydroxyl groups is 1. The minimum absolute atomic E-state index is 0.439. The minimum atomic E-state index is -0.665. The van der Waals surface area contributed by atoms with Crippen LogP contribution in [0.5, 0.6) is 5.88 Å². The Morgan fingerprint density at radius 1 is 1.17 bits per heavy atom. The third-order valence-corrected chi connectivity index (χ3v) is 7.93. The zero-order valence-corrected chi connectivity index (χ0v) is 20.6. The SMILES string of the molecule is C/C=C1\C2CC(NCc3ccc4nsnc4c3)CC2N1CC(O)c1ccnc2ccc(OC)nc12. The fourth-order valence-electron chi connectivity index (χ4n) is 5.68. The number of aromatic nitrogens is 4. The number of nitrogens with one attached hydrogen (secondary N) is 1. The third kappa shape index (κ3) is 4.03. The molecule has 2 N–H and O–H groups in total. The first-order valence-electron chi connectivity index (χ1n) is 12.0. The van der Waals surface area contributed by atoms with E-state index in [4.69, 9.17) is 4.74 Å². The van der Waals surface area contributed by atoms with Crippen molar-refractivity contribution in [3.8, 4) is 5.88 Å². The molecule has 1 aliphatic carbocycles. The molecule has 0 radical (unpaired) electrons. The smallest absolute Gasteiger partial charge is 0.213 e. The van der Waals surface area contributed by atoms with Crippen LogP contribution in [0.4, 0.5) is 0 Å². The van der Waals surface area contributed by atoms with Gasteiger partial charge in [-0.3, -0.25) is 4.98 Å². The molecule has 4 unspecified atom stereocenters. The summed E-state index contributed by atoms with van der Waals surface area (Å²) in [5.74, 6) is 1.06. The number of likely N-dealkylation sites (tertiary alicyclic amines) is 1. The first-order valence-corrected chi connectivity index (χ1v) is 12.7. The van der Waals surface area contributed by atoms with Gasteiger partial charge in [-0.25, -0.2) is 4.98 Å². The van der Waals surface area contributed by atoms with Gasteiger partial charge in [-0.1, -0.05) is 12.1 Å². The Hall–Kier alpha value is -3.14. The van der Waals surface area contributed by atoms with Crippen LogP contribution in [0.3, 0.4) is 0 Å². The first kappa shape index (κ1) is 22.3. The van der Waals surface area contributed by atoms with E-state index in [-0.39, 0.29) is 0 Å². The number of pyridine rings is 2. The summed E-state index contributed by atoms with van der Waals surface area (Å²) in [6, 6.07) is 12.7. The zero-order valence-electron chi connectivity index (χ0n) is 19.8. The van der Waals surface area contributed by atoms with Crippen LogP contribution in [-0.2, 0) is 6.54 Å². The van der Waals surface area contributed by atoms with Gasteiger partial charge in [-0.05, 0) is 49.6 Å². The van der Waals surface area contributed by atoms with Gasteiger partial charge in [0.15, 0.2) is 0 Å². The summed E-state index contributed by atoms with van der Waals surface area (Å²) in [5.41, 5.74) is 6.72. The lowest BCUT2D eigenvalue weighted by molar-refractivity contribution is 0.0446. The summed E-state index contributed by atoms with van der Waals surface area (Å²) in [6.45, 7) is 3.46. The molecule has 8 nitrogen and oxygen atoms in total. The lowest BCUT2D eigenvalue weighted by Crippen LogP contribution is -2.52. The molecule has 0 amide bonds. The van der Waals surface area contributed by atoms with Crippen LogP contribution in [0.15, 0.2) is 54.4 Å². The first-order chi connectivity index (χ1) is 17.1. The molecule has 2 fully saturated rings. The van der Waals surface area contributed by atoms with E-state index in [1.54, 1.807) is 19.4 Å². The number of aliphatic hydroxyl groups excluding tert-OH is 1. The number of hydrogen-bond donors (Lipinski definition) is 2. The standard InChI is InChI=1S/C26H28N6O2S/c1-3-22-18-11-16(28-13-15-4-5-19-21(10-15)31-35-30-19)12-23(18)32(22)14-24(33)17-8-9-27-20-6-7-25(34-2)29-26(17)20/h3-10,16,18,23-24,28,33H,11-14H2,1-2H3/b22-3+. The second kappa shape index (κ2) is 9.14. The van der Waals surface area contributed by atoms with Crippen molar-refractivity contribution < 1.29 is 9.84 Å². The molecule has 4 atom stereocenters. The van der Waals surface area contributed by atoms with Crippen molar-refractivity contribution in [3.63, 3.8) is 0 Å². The van der Waals surface area contributed by atoms with Crippen LogP contribution in [0.2, 0.25) is 0 Å². The number of allylic oxidation sites excluding steroid dienone is 1. The number of nitrogens with zero attached hydrogens (tertiary/aromatic N) is 5. The van der Waals surface area contributed by atoms with Gasteiger partial charge in [0.1, 0.15) is 11.0 Å². The summed E-state index contributed by atoms with van der Waals surface area (Å²) in [7, 11) is 1.60. The van der Waals surface area contributed by atoms with E-state index in [1.165, 1.54) is 23.0 Å². The molecular formula is C26H28N6O2S. The highest BCUT2D eigenvalue weighted by molar-refractivity contribution is 7.00. The summed E-state index contributed by atoms with van der Waals surface area (Å²) in [4.78, 5) is 11.3. The van der Waals surface area contributed by atoms with Crippen molar-refractivity contribution >= 4 is 33.8 Å². The Kier molecular flexibility index (Phi) is 5.83. The van der Waals surface area contributed by atoms with Crippen molar-refractivity contribution in [2.45, 2.75) is 44.5 Å². The van der Waals surface area contributed by atoms with Crippen molar-refractivity contribution in [2.24, 2.45) is 5.92 Å². The molecule has 0 bridgehead atoms. The Morgan fingerprint density at radius 3 is 2.89 bits per heavy atom. The van der Waals surface area contributed by atoms with Gasteiger partial charge in [0, 0.05) is 54.6 Å². The van der Waals surface area contributed by atoms with Crippen LogP contribution >= 0.6 is 11.7 Å². The molecular weight excluding hydrogens is 460 g/mol. The maximum Gasteiger partial charge on any atom is 0.213 e. The number of methoxy groups -OCH3 is 1. The second-order valence-electron chi connectivity index (χ2n) is 9.31. The van der Waals surface area contributed by atoms with Gasteiger partial charge in [-0.15, -0.1) is 0 Å². The average molecular weight is 489 g/mol. The van der Waals surface area contributed by atoms with Crippen LogP contribution in [-0.4, -0.2) is 54.5 Å².